The number of carbonyl (C=O) groups is 5. The van der Waals surface area contributed by atoms with Gasteiger partial charge in [-0.2, -0.15) is 26.3 Å². The van der Waals surface area contributed by atoms with Gasteiger partial charge in [0.15, 0.2) is 0 Å². The molecule has 3 rings (SSSR count). The molecule has 0 bridgehead atoms. The summed E-state index contributed by atoms with van der Waals surface area (Å²) >= 11 is 0. The predicted octanol–water partition coefficient (Wildman–Crippen LogP) is 1.93. The van der Waals surface area contributed by atoms with Gasteiger partial charge in [-0.15, -0.1) is 0 Å². The van der Waals surface area contributed by atoms with Gasteiger partial charge in [-0.05, 0) is 43.9 Å². The van der Waals surface area contributed by atoms with Gasteiger partial charge in [0.1, 0.15) is 5.41 Å². The quantitative estimate of drug-likeness (QED) is 0.298. The Morgan fingerprint density at radius 3 is 2.24 bits per heavy atom. The second-order valence-electron chi connectivity index (χ2n) is 8.77. The Hall–Kier alpha value is -3.65. The van der Waals surface area contributed by atoms with Gasteiger partial charge in [-0.25, -0.2) is 0 Å². The summed E-state index contributed by atoms with van der Waals surface area (Å²) in [7, 11) is 1.12. The van der Waals surface area contributed by atoms with Gasteiger partial charge >= 0.3 is 12.4 Å². The third-order valence-electron chi connectivity index (χ3n) is 6.32. The maximum absolute atomic E-state index is 13.3. The lowest BCUT2D eigenvalue weighted by molar-refractivity contribution is -0.189. The maximum atomic E-state index is 13.3. The van der Waals surface area contributed by atoms with Crippen LogP contribution in [0, 0.1) is 11.3 Å². The molecule has 0 radical (unpaired) electrons. The number of carbonyl (C=O) groups excluding carboxylic acids is 5. The zero-order chi connectivity index (χ0) is 27.8. The lowest BCUT2D eigenvalue weighted by atomic mass is 9.95. The van der Waals surface area contributed by atoms with Crippen molar-refractivity contribution in [2.75, 3.05) is 18.9 Å². The number of halogens is 6. The highest BCUT2D eigenvalue weighted by atomic mass is 19.4. The Labute approximate surface area is 205 Å². The minimum Gasteiger partial charge on any atom is -0.356 e. The SMILES string of the molecule is CNC(=O)C(=O)[C@H](C[C@@H]1CCNC1=O)NC(=O)c1cc(C(F)(F)F)ccc1NC(=O)C1(C(F)(F)F)CC1. The molecule has 9 nitrogen and oxygen atoms in total. The summed E-state index contributed by atoms with van der Waals surface area (Å²) in [6.07, 6.45) is -11.0. The van der Waals surface area contributed by atoms with Crippen molar-refractivity contribution < 1.29 is 50.3 Å². The van der Waals surface area contributed by atoms with Crippen molar-refractivity contribution >= 4 is 35.1 Å². The number of Topliss-reactive ketones (excluding diaryl/α,β-unsaturated/α-hetero) is 1. The molecule has 4 amide bonds. The zero-order valence-corrected chi connectivity index (χ0v) is 19.2. The molecule has 1 aromatic carbocycles. The minimum absolute atomic E-state index is 0.261. The minimum atomic E-state index is -4.96. The molecule has 1 aromatic rings. The standard InChI is InChI=1S/C22H22F6N4O5/c1-29-18(36)15(33)14(8-10-4-7-30-16(10)34)31-17(35)12-9-11(21(23,24)25)2-3-13(12)32-19(37)20(5-6-20)22(26,27)28/h2-3,9-10,14H,4-8H2,1H3,(H,29,36)(H,30,34)(H,31,35)(H,32,37)/t10-,14-/m0/s1. The first-order valence-corrected chi connectivity index (χ1v) is 11.0. The molecule has 15 heteroatoms. The molecule has 4 N–H and O–H groups in total. The Morgan fingerprint density at radius 2 is 1.76 bits per heavy atom. The van der Waals surface area contributed by atoms with Crippen LogP contribution in [0.3, 0.4) is 0 Å². The Kier molecular flexibility index (Phi) is 7.56. The molecular weight excluding hydrogens is 514 g/mol. The van der Waals surface area contributed by atoms with Crippen molar-refractivity contribution in [1.29, 1.82) is 0 Å². The normalized spacial score (nSPS) is 19.4. The van der Waals surface area contributed by atoms with Crippen LogP contribution >= 0.6 is 0 Å². The van der Waals surface area contributed by atoms with E-state index < -0.39 is 88.8 Å². The lowest BCUT2D eigenvalue weighted by Crippen LogP contribution is -2.48. The Balaban J connectivity index is 1.94. The van der Waals surface area contributed by atoms with Crippen LogP contribution in [0.1, 0.15) is 41.6 Å². The van der Waals surface area contributed by atoms with Crippen molar-refractivity contribution in [3.8, 4) is 0 Å². The van der Waals surface area contributed by atoms with Gasteiger partial charge in [-0.1, -0.05) is 0 Å². The van der Waals surface area contributed by atoms with E-state index in [1.165, 1.54) is 0 Å². The van der Waals surface area contributed by atoms with Crippen LogP contribution in [-0.4, -0.2) is 55.2 Å². The van der Waals surface area contributed by atoms with E-state index in [2.05, 4.69) is 10.6 Å². The van der Waals surface area contributed by atoms with E-state index in [0.29, 0.717) is 18.2 Å². The van der Waals surface area contributed by atoms with Crippen LogP contribution in [0.15, 0.2) is 18.2 Å². The monoisotopic (exact) mass is 536 g/mol. The van der Waals surface area contributed by atoms with E-state index in [0.717, 1.165) is 7.05 Å². The Morgan fingerprint density at radius 1 is 1.11 bits per heavy atom. The van der Waals surface area contributed by atoms with Crippen LogP contribution in [0.5, 0.6) is 0 Å². The molecule has 1 saturated carbocycles. The average molecular weight is 536 g/mol. The molecule has 1 saturated heterocycles. The van der Waals surface area contributed by atoms with Crippen LogP contribution < -0.4 is 21.3 Å². The van der Waals surface area contributed by atoms with E-state index >= 15 is 0 Å². The third-order valence-corrected chi connectivity index (χ3v) is 6.32. The average Bonchev–Trinajstić information content (AvgIpc) is 3.55. The smallest absolute Gasteiger partial charge is 0.356 e. The van der Waals surface area contributed by atoms with E-state index in [1.807, 2.05) is 10.6 Å². The summed E-state index contributed by atoms with van der Waals surface area (Å²) < 4.78 is 79.9. The first-order chi connectivity index (χ1) is 17.1. The van der Waals surface area contributed by atoms with Crippen LogP contribution in [0.2, 0.25) is 0 Å². The summed E-state index contributed by atoms with van der Waals surface area (Å²) in [5.41, 5.74) is -5.61. The number of likely N-dealkylation sites (N-methyl/N-ethyl adjacent to an activating group) is 1. The molecule has 0 unspecified atom stereocenters. The summed E-state index contributed by atoms with van der Waals surface area (Å²) in [5, 5.41) is 8.53. The summed E-state index contributed by atoms with van der Waals surface area (Å²) in [5.74, 6) is -6.52. The molecule has 1 heterocycles. The maximum Gasteiger partial charge on any atom is 0.416 e. The lowest BCUT2D eigenvalue weighted by Gasteiger charge is -2.22. The highest BCUT2D eigenvalue weighted by molar-refractivity contribution is 6.38. The predicted molar refractivity (Wildman–Crippen MR) is 114 cm³/mol. The number of rotatable bonds is 8. The molecule has 0 aromatic heterocycles. The second-order valence-corrected chi connectivity index (χ2v) is 8.77. The van der Waals surface area contributed by atoms with Gasteiger partial charge in [-0.3, -0.25) is 24.0 Å². The van der Waals surface area contributed by atoms with Gasteiger partial charge in [0.25, 0.3) is 11.8 Å². The van der Waals surface area contributed by atoms with Gasteiger partial charge in [0.05, 0.1) is 22.9 Å². The van der Waals surface area contributed by atoms with Gasteiger partial charge < -0.3 is 21.3 Å². The zero-order valence-electron chi connectivity index (χ0n) is 19.2. The van der Waals surface area contributed by atoms with E-state index in [4.69, 9.17) is 0 Å². The van der Waals surface area contributed by atoms with E-state index in [9.17, 15) is 50.3 Å². The molecule has 1 aliphatic heterocycles. The number of amides is 4. The number of alkyl halides is 6. The fraction of sp³-hybridized carbons (Fsp3) is 0.500. The van der Waals surface area contributed by atoms with Crippen molar-refractivity contribution in [2.45, 2.75) is 44.1 Å². The van der Waals surface area contributed by atoms with Gasteiger partial charge in [0.2, 0.25) is 17.6 Å². The van der Waals surface area contributed by atoms with Crippen LogP contribution in [0.25, 0.3) is 0 Å². The number of ketones is 1. The number of benzene rings is 1. The number of nitrogens with one attached hydrogen (secondary N) is 4. The topological polar surface area (TPSA) is 133 Å². The van der Waals surface area contributed by atoms with Crippen molar-refractivity contribution in [3.05, 3.63) is 29.3 Å². The summed E-state index contributed by atoms with van der Waals surface area (Å²) in [6, 6.07) is -0.246. The molecule has 0 spiro atoms. The molecular formula is C22H22F6N4O5. The van der Waals surface area contributed by atoms with Crippen LogP contribution in [-0.2, 0) is 25.4 Å². The molecule has 2 fully saturated rings. The molecule has 202 valence electrons. The van der Waals surface area contributed by atoms with Crippen molar-refractivity contribution in [1.82, 2.24) is 16.0 Å². The Bertz CT molecular complexity index is 1130. The third kappa shape index (κ3) is 5.85. The fourth-order valence-electron chi connectivity index (χ4n) is 3.93. The molecule has 2 atom stereocenters. The first kappa shape index (κ1) is 27.9. The van der Waals surface area contributed by atoms with Crippen molar-refractivity contribution in [2.24, 2.45) is 11.3 Å². The second kappa shape index (κ2) is 10.0. The molecule has 37 heavy (non-hydrogen) atoms. The highest BCUT2D eigenvalue weighted by Gasteiger charge is 2.68. The van der Waals surface area contributed by atoms with E-state index in [-0.39, 0.29) is 19.4 Å². The van der Waals surface area contributed by atoms with Gasteiger partial charge in [0, 0.05) is 19.5 Å². The fourth-order valence-corrected chi connectivity index (χ4v) is 3.93. The molecule has 1 aliphatic carbocycles. The number of hydrogen-bond acceptors (Lipinski definition) is 5. The number of hydrogen-bond donors (Lipinski definition) is 4. The largest absolute Gasteiger partial charge is 0.416 e. The van der Waals surface area contributed by atoms with Crippen molar-refractivity contribution in [3.63, 3.8) is 0 Å². The molecule has 2 aliphatic rings. The number of anilines is 1. The van der Waals surface area contributed by atoms with Crippen LogP contribution in [0.4, 0.5) is 32.0 Å². The summed E-state index contributed by atoms with van der Waals surface area (Å²) in [6.45, 7) is 0.267. The highest BCUT2D eigenvalue weighted by Crippen LogP contribution is 2.58. The van der Waals surface area contributed by atoms with E-state index in [1.54, 1.807) is 0 Å². The first-order valence-electron chi connectivity index (χ1n) is 11.0. The summed E-state index contributed by atoms with van der Waals surface area (Å²) in [4.78, 5) is 61.8.